The van der Waals surface area contributed by atoms with E-state index in [1.165, 1.54) is 56.1 Å². The fourth-order valence-electron chi connectivity index (χ4n) is 11.4. The van der Waals surface area contributed by atoms with Gasteiger partial charge >= 0.3 is 0 Å². The molecule has 7 aromatic carbocycles. The zero-order chi connectivity index (χ0) is 47.9. The smallest absolute Gasteiger partial charge is 0.264 e. The summed E-state index contributed by atoms with van der Waals surface area (Å²) >= 11 is 0. The summed E-state index contributed by atoms with van der Waals surface area (Å²) in [6.45, 7) is 13.2. The number of allylic oxidation sites excluding steroid dienone is 7. The Bertz CT molecular complexity index is 3340. The van der Waals surface area contributed by atoms with Gasteiger partial charge in [0.15, 0.2) is 5.71 Å². The van der Waals surface area contributed by atoms with Crippen LogP contribution in [0.5, 0.6) is 0 Å². The molecule has 1 N–H and O–H groups in total. The lowest BCUT2D eigenvalue weighted by Gasteiger charge is -2.29. The number of hydrogen-bond acceptors (Lipinski definition) is 4. The molecule has 7 heteroatoms. The van der Waals surface area contributed by atoms with Crippen molar-refractivity contribution < 1.29 is 17.5 Å². The third-order valence-corrected chi connectivity index (χ3v) is 15.4. The van der Waals surface area contributed by atoms with E-state index in [1.807, 2.05) is 0 Å². The highest BCUT2D eigenvalue weighted by Crippen LogP contribution is 2.53. The van der Waals surface area contributed by atoms with Crippen LogP contribution < -0.4 is 9.80 Å². The summed E-state index contributed by atoms with van der Waals surface area (Å²) in [5.41, 5.74) is 14.6. The monoisotopic (exact) mass is 928 g/mol. The first-order chi connectivity index (χ1) is 33.4. The van der Waals surface area contributed by atoms with Crippen molar-refractivity contribution in [2.24, 2.45) is 0 Å². The summed E-state index contributed by atoms with van der Waals surface area (Å²) in [7, 11) is -4.07. The number of benzene rings is 7. The number of para-hydroxylation sites is 2. The maximum absolute atomic E-state index is 11.8. The number of hydrogen-bond donors (Lipinski definition) is 1. The summed E-state index contributed by atoms with van der Waals surface area (Å²) < 4.78 is 35.9. The quantitative estimate of drug-likeness (QED) is 0.0630. The molecule has 0 unspecified atom stereocenters. The van der Waals surface area contributed by atoms with E-state index in [2.05, 4.69) is 231 Å². The summed E-state index contributed by atoms with van der Waals surface area (Å²) in [6.07, 6.45) is 13.8. The minimum atomic E-state index is -4.07. The molecule has 0 radical (unpaired) electrons. The lowest BCUT2D eigenvalue weighted by molar-refractivity contribution is -0.438. The van der Waals surface area contributed by atoms with Crippen molar-refractivity contribution in [3.8, 4) is 0 Å². The molecule has 0 fully saturated rings. The molecule has 0 bridgehead atoms. The molecular formula is C62H62N3O3S+. The van der Waals surface area contributed by atoms with Gasteiger partial charge in [0, 0.05) is 70.0 Å². The number of fused-ring (bicyclic) bond motifs is 7. The van der Waals surface area contributed by atoms with Crippen LogP contribution in [0.25, 0.3) is 32.7 Å². The lowest BCUT2D eigenvalue weighted by atomic mass is 9.79. The van der Waals surface area contributed by atoms with Gasteiger partial charge < -0.3 is 9.80 Å². The van der Waals surface area contributed by atoms with Crippen LogP contribution in [0, 0.1) is 0 Å². The normalized spacial score (nSPS) is 17.2. The van der Waals surface area contributed by atoms with Gasteiger partial charge in [0.05, 0.1) is 16.9 Å². The highest BCUT2D eigenvalue weighted by atomic mass is 32.2. The number of rotatable bonds is 15. The second kappa shape index (κ2) is 18.6. The van der Waals surface area contributed by atoms with E-state index in [0.717, 1.165) is 64.6 Å². The molecule has 0 amide bonds. The molecule has 7 aromatic rings. The topological polar surface area (TPSA) is 63.9 Å². The third kappa shape index (κ3) is 8.46. The molecule has 69 heavy (non-hydrogen) atoms. The van der Waals surface area contributed by atoms with Crippen LogP contribution in [-0.4, -0.2) is 42.1 Å². The Morgan fingerprint density at radius 2 is 1.20 bits per heavy atom. The van der Waals surface area contributed by atoms with Gasteiger partial charge in [0.25, 0.3) is 10.1 Å². The van der Waals surface area contributed by atoms with Gasteiger partial charge in [-0.25, -0.2) is 0 Å². The van der Waals surface area contributed by atoms with Gasteiger partial charge in [-0.3, -0.25) is 4.55 Å². The molecule has 0 aromatic heterocycles. The SMILES string of the molecule is CCCCC[N+]1=C(/C=C/C2=C(N(c3ccccc3)c3ccccc3)C(=C/C=C3/N(CCCCS(=O)(=O)O)c4ccc5ccccc5c4C3(C)C)/c3ccccc32)C(C)(C)c2c1ccc1ccccc21. The van der Waals surface area contributed by atoms with Crippen LogP contribution in [0.4, 0.5) is 22.7 Å². The number of unbranched alkanes of at least 4 members (excludes halogenated alkanes) is 3. The van der Waals surface area contributed by atoms with E-state index >= 15 is 0 Å². The number of anilines is 3. The second-order valence-electron chi connectivity index (χ2n) is 19.8. The average Bonchev–Trinajstić information content (AvgIpc) is 3.86. The van der Waals surface area contributed by atoms with Crippen molar-refractivity contribution >= 4 is 71.3 Å². The van der Waals surface area contributed by atoms with Crippen molar-refractivity contribution in [3.63, 3.8) is 0 Å². The van der Waals surface area contributed by atoms with Crippen molar-refractivity contribution in [2.45, 2.75) is 77.6 Å². The van der Waals surface area contributed by atoms with Gasteiger partial charge in [-0.15, -0.1) is 0 Å². The van der Waals surface area contributed by atoms with Gasteiger partial charge in [-0.2, -0.15) is 13.0 Å². The van der Waals surface area contributed by atoms with Crippen LogP contribution in [0.1, 0.15) is 89.0 Å². The zero-order valence-corrected chi connectivity index (χ0v) is 41.3. The molecule has 0 spiro atoms. The third-order valence-electron chi connectivity index (χ3n) is 14.6. The van der Waals surface area contributed by atoms with E-state index in [-0.39, 0.29) is 11.2 Å². The van der Waals surface area contributed by atoms with E-state index in [9.17, 15) is 13.0 Å². The molecule has 10 rings (SSSR count). The van der Waals surface area contributed by atoms with Crippen molar-refractivity contribution in [3.05, 3.63) is 216 Å². The predicted octanol–water partition coefficient (Wildman–Crippen LogP) is 15.1. The van der Waals surface area contributed by atoms with E-state index in [4.69, 9.17) is 0 Å². The Kier molecular flexibility index (Phi) is 12.4. The molecule has 0 saturated heterocycles. The first kappa shape index (κ1) is 46.0. The summed E-state index contributed by atoms with van der Waals surface area (Å²) in [4.78, 5) is 4.80. The van der Waals surface area contributed by atoms with Gasteiger partial charge in [-0.05, 0) is 120 Å². The first-order valence-corrected chi connectivity index (χ1v) is 26.3. The fraction of sp³-hybridized carbons (Fsp3) is 0.242. The zero-order valence-electron chi connectivity index (χ0n) is 40.5. The highest BCUT2D eigenvalue weighted by Gasteiger charge is 2.46. The van der Waals surface area contributed by atoms with Crippen LogP contribution in [0.15, 0.2) is 193 Å². The molecule has 2 aliphatic heterocycles. The van der Waals surface area contributed by atoms with Gasteiger partial charge in [0.1, 0.15) is 6.54 Å². The summed E-state index contributed by atoms with van der Waals surface area (Å²) in [5, 5.41) is 4.97. The van der Waals surface area contributed by atoms with Crippen LogP contribution in [0.2, 0.25) is 0 Å². The first-order valence-electron chi connectivity index (χ1n) is 24.7. The van der Waals surface area contributed by atoms with Crippen LogP contribution in [0.3, 0.4) is 0 Å². The van der Waals surface area contributed by atoms with Crippen LogP contribution >= 0.6 is 0 Å². The van der Waals surface area contributed by atoms with E-state index < -0.39 is 15.5 Å². The van der Waals surface area contributed by atoms with Gasteiger partial charge in [0.2, 0.25) is 5.69 Å². The molecule has 348 valence electrons. The minimum absolute atomic E-state index is 0.260. The Hall–Kier alpha value is -6.80. The average molecular weight is 929 g/mol. The standard InChI is InChI=1S/C62H61N3O3S/c1-6-7-20-41-63-54-37-33-44-23-14-16-29-48(44)58(54)61(2,3)56(63)39-35-52-50-31-18-19-32-51(50)53(60(52)65(46-25-10-8-11-26-46)47-27-12-9-13-28-47)36-40-57-62(4,5)59-49-30-17-15-24-45(49)34-38-55(59)64(57)42-21-22-43-69(66,67)68/h8-19,23-40H,6-7,20-22,41-43H2,1-5H3/p+1. The molecule has 6 nitrogen and oxygen atoms in total. The Labute approximate surface area is 408 Å². The fourth-order valence-corrected chi connectivity index (χ4v) is 12.0. The predicted molar refractivity (Wildman–Crippen MR) is 290 cm³/mol. The molecule has 2 heterocycles. The molecule has 0 saturated carbocycles. The molecule has 3 aliphatic rings. The summed E-state index contributed by atoms with van der Waals surface area (Å²) in [5.74, 6) is -0.260. The summed E-state index contributed by atoms with van der Waals surface area (Å²) in [6, 6.07) is 56.7. The van der Waals surface area contributed by atoms with E-state index in [1.54, 1.807) is 0 Å². The second-order valence-corrected chi connectivity index (χ2v) is 21.4. The largest absolute Gasteiger partial charge is 0.344 e. The Morgan fingerprint density at radius 3 is 1.86 bits per heavy atom. The maximum atomic E-state index is 11.8. The van der Waals surface area contributed by atoms with Crippen LogP contribution in [-0.2, 0) is 20.9 Å². The van der Waals surface area contributed by atoms with E-state index in [0.29, 0.717) is 19.4 Å². The minimum Gasteiger partial charge on any atom is -0.344 e. The molecule has 1 aliphatic carbocycles. The number of nitrogens with zero attached hydrogens (tertiary/aromatic N) is 3. The Balaban J connectivity index is 1.20. The van der Waals surface area contributed by atoms with Crippen molar-refractivity contribution in [2.75, 3.05) is 28.6 Å². The Morgan fingerprint density at radius 1 is 0.609 bits per heavy atom. The highest BCUT2D eigenvalue weighted by molar-refractivity contribution is 7.85. The molecular weight excluding hydrogens is 867 g/mol. The van der Waals surface area contributed by atoms with Crippen molar-refractivity contribution in [1.29, 1.82) is 0 Å². The van der Waals surface area contributed by atoms with Gasteiger partial charge in [-0.1, -0.05) is 149 Å². The lowest BCUT2D eigenvalue weighted by Crippen LogP contribution is -2.28. The molecule has 0 atom stereocenters. The maximum Gasteiger partial charge on any atom is 0.264 e. The van der Waals surface area contributed by atoms with Crippen molar-refractivity contribution in [1.82, 2.24) is 0 Å².